The summed E-state index contributed by atoms with van der Waals surface area (Å²) in [4.78, 5) is 12.5. The van der Waals surface area contributed by atoms with Gasteiger partial charge in [0, 0.05) is 19.6 Å². The molecule has 3 rings (SSSR count). The number of carbonyl (C=O) groups is 1. The summed E-state index contributed by atoms with van der Waals surface area (Å²) in [6.45, 7) is 0.340. The first-order chi connectivity index (χ1) is 12.4. The third-order valence-electron chi connectivity index (χ3n) is 4.62. The van der Waals surface area contributed by atoms with Crippen LogP contribution in [0.1, 0.15) is 23.2 Å². The summed E-state index contributed by atoms with van der Waals surface area (Å²) in [5, 5.41) is 2.76. The minimum absolute atomic E-state index is 0.0242. The van der Waals surface area contributed by atoms with Crippen molar-refractivity contribution in [1.29, 1.82) is 0 Å². The molecule has 0 heterocycles. The van der Waals surface area contributed by atoms with Gasteiger partial charge in [0.1, 0.15) is 4.90 Å². The van der Waals surface area contributed by atoms with E-state index in [1.165, 1.54) is 23.5 Å². The molecule has 1 amide bonds. The highest BCUT2D eigenvalue weighted by Gasteiger charge is 2.30. The number of rotatable bonds is 7. The molecule has 0 spiro atoms. The summed E-state index contributed by atoms with van der Waals surface area (Å²) in [5.74, 6) is 0.0280. The quantitative estimate of drug-likeness (QED) is 0.776. The number of para-hydroxylation sites is 1. The lowest BCUT2D eigenvalue weighted by Crippen LogP contribution is -2.39. The molecule has 1 aliphatic carbocycles. The third-order valence-corrected chi connectivity index (χ3v) is 6.46. The van der Waals surface area contributed by atoms with Crippen molar-refractivity contribution in [3.63, 3.8) is 0 Å². The highest BCUT2D eigenvalue weighted by atomic mass is 32.2. The number of hydrogen-bond acceptors (Lipinski definition) is 4. The number of benzene rings is 2. The second kappa shape index (κ2) is 7.47. The fourth-order valence-electron chi connectivity index (χ4n) is 2.80. The molecule has 0 radical (unpaired) electrons. The van der Waals surface area contributed by atoms with Crippen LogP contribution < -0.4 is 15.4 Å². The van der Waals surface area contributed by atoms with E-state index in [1.807, 2.05) is 6.07 Å². The van der Waals surface area contributed by atoms with Crippen molar-refractivity contribution < 1.29 is 13.2 Å². The normalized spacial score (nSPS) is 15.3. The van der Waals surface area contributed by atoms with E-state index in [9.17, 15) is 13.2 Å². The minimum atomic E-state index is -3.87. The van der Waals surface area contributed by atoms with Gasteiger partial charge in [0.2, 0.25) is 0 Å². The standard InChI is InChI=1S/C19H23N3O3S/c1-22(15-7-3-2-4-8-15)26(24,25)18-10-6-5-9-16(18)19(23)21-13-17(20)14-11-12-14/h2-10,14,17H,11-13,20H2,1H3,(H,21,23). The molecule has 1 fully saturated rings. The van der Waals surface area contributed by atoms with Gasteiger partial charge in [-0.1, -0.05) is 30.3 Å². The highest BCUT2D eigenvalue weighted by molar-refractivity contribution is 7.92. The van der Waals surface area contributed by atoms with Crippen molar-refractivity contribution >= 4 is 21.6 Å². The molecule has 2 aromatic rings. The second-order valence-corrected chi connectivity index (χ2v) is 8.45. The highest BCUT2D eigenvalue weighted by Crippen LogP contribution is 2.31. The van der Waals surface area contributed by atoms with Gasteiger partial charge < -0.3 is 11.1 Å². The maximum atomic E-state index is 13.0. The number of hydrogen-bond donors (Lipinski definition) is 2. The van der Waals surface area contributed by atoms with E-state index in [4.69, 9.17) is 5.73 Å². The number of amides is 1. The average molecular weight is 373 g/mol. The molecular formula is C19H23N3O3S. The van der Waals surface area contributed by atoms with Gasteiger partial charge in [-0.2, -0.15) is 0 Å². The molecule has 0 bridgehead atoms. The Hall–Kier alpha value is -2.38. The minimum Gasteiger partial charge on any atom is -0.350 e. The summed E-state index contributed by atoms with van der Waals surface area (Å²) < 4.78 is 27.2. The van der Waals surface area contributed by atoms with E-state index in [0.717, 1.165) is 12.8 Å². The van der Waals surface area contributed by atoms with E-state index >= 15 is 0 Å². The summed E-state index contributed by atoms with van der Waals surface area (Å²) in [6, 6.07) is 14.9. The molecule has 138 valence electrons. The first-order valence-corrected chi connectivity index (χ1v) is 10.0. The smallest absolute Gasteiger partial charge is 0.264 e. The van der Waals surface area contributed by atoms with Crippen LogP contribution in [-0.2, 0) is 10.0 Å². The zero-order valence-electron chi connectivity index (χ0n) is 14.6. The van der Waals surface area contributed by atoms with Gasteiger partial charge in [-0.25, -0.2) is 8.42 Å². The van der Waals surface area contributed by atoms with Crippen LogP contribution in [0.3, 0.4) is 0 Å². The topological polar surface area (TPSA) is 92.5 Å². The van der Waals surface area contributed by atoms with Crippen molar-refractivity contribution in [1.82, 2.24) is 5.32 Å². The largest absolute Gasteiger partial charge is 0.350 e. The predicted molar refractivity (Wildman–Crippen MR) is 102 cm³/mol. The van der Waals surface area contributed by atoms with E-state index in [1.54, 1.807) is 36.4 Å². The van der Waals surface area contributed by atoms with Crippen molar-refractivity contribution in [2.24, 2.45) is 11.7 Å². The molecule has 2 aromatic carbocycles. The number of sulfonamides is 1. The Morgan fingerprint density at radius 2 is 1.77 bits per heavy atom. The Bertz CT molecular complexity index is 880. The van der Waals surface area contributed by atoms with Crippen LogP contribution in [0.25, 0.3) is 0 Å². The van der Waals surface area contributed by atoms with Gasteiger partial charge >= 0.3 is 0 Å². The van der Waals surface area contributed by atoms with Crippen molar-refractivity contribution in [3.8, 4) is 0 Å². The molecule has 1 aliphatic rings. The average Bonchev–Trinajstić information content (AvgIpc) is 3.51. The molecule has 6 nitrogen and oxygen atoms in total. The summed E-state index contributed by atoms with van der Waals surface area (Å²) >= 11 is 0. The van der Waals surface area contributed by atoms with Gasteiger partial charge in [0.25, 0.3) is 15.9 Å². The Labute approximate surface area is 154 Å². The summed E-state index contributed by atoms with van der Waals surface area (Å²) in [7, 11) is -2.39. The zero-order valence-corrected chi connectivity index (χ0v) is 15.4. The summed E-state index contributed by atoms with van der Waals surface area (Å²) in [6.07, 6.45) is 2.17. The Kier molecular flexibility index (Phi) is 5.29. The lowest BCUT2D eigenvalue weighted by atomic mass is 10.2. The zero-order chi connectivity index (χ0) is 18.7. The fraction of sp³-hybridized carbons (Fsp3) is 0.316. The van der Waals surface area contributed by atoms with E-state index in [2.05, 4.69) is 5.32 Å². The maximum absolute atomic E-state index is 13.0. The molecule has 0 saturated heterocycles. The molecular weight excluding hydrogens is 350 g/mol. The monoisotopic (exact) mass is 373 g/mol. The first-order valence-electron chi connectivity index (χ1n) is 8.58. The lowest BCUT2D eigenvalue weighted by molar-refractivity contribution is 0.0947. The van der Waals surface area contributed by atoms with Crippen LogP contribution in [0.4, 0.5) is 5.69 Å². The van der Waals surface area contributed by atoms with Crippen LogP contribution in [-0.4, -0.2) is 34.0 Å². The Morgan fingerprint density at radius 3 is 2.42 bits per heavy atom. The third kappa shape index (κ3) is 3.89. The van der Waals surface area contributed by atoms with Crippen LogP contribution in [0.5, 0.6) is 0 Å². The van der Waals surface area contributed by atoms with Crippen LogP contribution in [0, 0.1) is 5.92 Å². The van der Waals surface area contributed by atoms with Gasteiger partial charge in [0.05, 0.1) is 11.3 Å². The lowest BCUT2D eigenvalue weighted by Gasteiger charge is -2.21. The molecule has 0 aromatic heterocycles. The number of nitrogens with one attached hydrogen (secondary N) is 1. The second-order valence-electron chi connectivity index (χ2n) is 6.52. The maximum Gasteiger partial charge on any atom is 0.264 e. The van der Waals surface area contributed by atoms with E-state index < -0.39 is 15.9 Å². The van der Waals surface area contributed by atoms with E-state index in [0.29, 0.717) is 18.2 Å². The predicted octanol–water partition coefficient (Wildman–Crippen LogP) is 1.98. The molecule has 7 heteroatoms. The van der Waals surface area contributed by atoms with Crippen LogP contribution in [0.15, 0.2) is 59.5 Å². The van der Waals surface area contributed by atoms with Crippen LogP contribution >= 0.6 is 0 Å². The molecule has 1 saturated carbocycles. The number of nitrogens with two attached hydrogens (primary N) is 1. The van der Waals surface area contributed by atoms with Crippen molar-refractivity contribution in [2.45, 2.75) is 23.8 Å². The van der Waals surface area contributed by atoms with Gasteiger partial charge in [-0.05, 0) is 43.0 Å². The number of nitrogens with zero attached hydrogens (tertiary/aromatic N) is 1. The van der Waals surface area contributed by atoms with Gasteiger partial charge in [-0.15, -0.1) is 0 Å². The van der Waals surface area contributed by atoms with Crippen molar-refractivity contribution in [2.75, 3.05) is 17.9 Å². The number of anilines is 1. The summed E-state index contributed by atoms with van der Waals surface area (Å²) in [5.41, 5.74) is 6.66. The van der Waals surface area contributed by atoms with Gasteiger partial charge in [0.15, 0.2) is 0 Å². The van der Waals surface area contributed by atoms with Crippen LogP contribution in [0.2, 0.25) is 0 Å². The first kappa shape index (κ1) is 18.4. The molecule has 0 aliphatic heterocycles. The number of carbonyl (C=O) groups excluding carboxylic acids is 1. The molecule has 1 atom stereocenters. The molecule has 1 unspecified atom stereocenters. The van der Waals surface area contributed by atoms with E-state index in [-0.39, 0.29) is 16.5 Å². The molecule has 3 N–H and O–H groups in total. The Balaban J connectivity index is 1.84. The molecule has 26 heavy (non-hydrogen) atoms. The van der Waals surface area contributed by atoms with Gasteiger partial charge in [-0.3, -0.25) is 9.10 Å². The SMILES string of the molecule is CN(c1ccccc1)S(=O)(=O)c1ccccc1C(=O)NCC(N)C1CC1. The van der Waals surface area contributed by atoms with Crippen molar-refractivity contribution in [3.05, 3.63) is 60.2 Å². The Morgan fingerprint density at radius 1 is 1.15 bits per heavy atom. The fourth-order valence-corrected chi connectivity index (χ4v) is 4.18.